The number of aromatic nitrogens is 4. The summed E-state index contributed by atoms with van der Waals surface area (Å²) in [6.45, 7) is -3.20. The maximum absolute atomic E-state index is 13.9. The summed E-state index contributed by atoms with van der Waals surface area (Å²) in [5, 5.41) is 2.32. The van der Waals surface area contributed by atoms with Crippen molar-refractivity contribution in [3.63, 3.8) is 0 Å². The zero-order chi connectivity index (χ0) is 18.5. The van der Waals surface area contributed by atoms with Gasteiger partial charge in [-0.15, -0.1) is 0 Å². The first-order valence-corrected chi connectivity index (χ1v) is 7.18. The molecule has 0 aliphatic carbocycles. The number of hydrogen-bond acceptors (Lipinski definition) is 6. The highest BCUT2D eigenvalue weighted by atomic mass is 19.3. The van der Waals surface area contributed by atoms with Crippen LogP contribution in [0.15, 0.2) is 49.1 Å². The average molecular weight is 361 g/mol. The van der Waals surface area contributed by atoms with E-state index in [0.29, 0.717) is 0 Å². The average Bonchev–Trinajstić information content (AvgIpc) is 2.62. The van der Waals surface area contributed by atoms with E-state index in [4.69, 9.17) is 0 Å². The molecule has 26 heavy (non-hydrogen) atoms. The fourth-order valence-electron chi connectivity index (χ4n) is 2.04. The lowest BCUT2D eigenvalue weighted by atomic mass is 10.1. The molecule has 0 atom stereocenters. The van der Waals surface area contributed by atoms with Crippen LogP contribution in [0.1, 0.15) is 10.4 Å². The summed E-state index contributed by atoms with van der Waals surface area (Å²) in [5.41, 5.74) is -0.524. The minimum Gasteiger partial charge on any atom is -0.434 e. The lowest BCUT2D eigenvalue weighted by Gasteiger charge is -2.11. The van der Waals surface area contributed by atoms with Gasteiger partial charge >= 0.3 is 6.61 Å². The molecule has 2 aromatic heterocycles. The summed E-state index contributed by atoms with van der Waals surface area (Å²) in [6.07, 6.45) is 5.55. The highest BCUT2D eigenvalue weighted by molar-refractivity contribution is 6.06. The smallest absolute Gasteiger partial charge is 0.387 e. The van der Waals surface area contributed by atoms with Gasteiger partial charge in [0.15, 0.2) is 11.6 Å². The van der Waals surface area contributed by atoms with Crippen molar-refractivity contribution in [3.05, 3.63) is 60.4 Å². The molecule has 10 heteroatoms. The molecule has 3 aromatic rings. The number of halogens is 3. The molecule has 7 nitrogen and oxygen atoms in total. The Labute approximate surface area is 144 Å². The van der Waals surface area contributed by atoms with Gasteiger partial charge in [0.05, 0.1) is 18.1 Å². The molecule has 0 unspecified atom stereocenters. The normalized spacial score (nSPS) is 10.6. The van der Waals surface area contributed by atoms with Crippen LogP contribution in [-0.2, 0) is 0 Å². The first-order valence-electron chi connectivity index (χ1n) is 7.18. The maximum Gasteiger partial charge on any atom is 0.387 e. The topological polar surface area (TPSA) is 89.9 Å². The van der Waals surface area contributed by atoms with Gasteiger partial charge < -0.3 is 10.1 Å². The van der Waals surface area contributed by atoms with Gasteiger partial charge in [0, 0.05) is 12.4 Å². The van der Waals surface area contributed by atoms with Crippen LogP contribution in [0.3, 0.4) is 0 Å². The molecule has 3 rings (SSSR count). The summed E-state index contributed by atoms with van der Waals surface area (Å²) in [5.74, 6) is -2.06. The third-order valence-corrected chi connectivity index (χ3v) is 3.09. The van der Waals surface area contributed by atoms with Gasteiger partial charge in [0.25, 0.3) is 5.91 Å². The molecule has 1 N–H and O–H groups in total. The number of nitrogens with zero attached hydrogens (tertiary/aromatic N) is 4. The van der Waals surface area contributed by atoms with E-state index in [2.05, 4.69) is 30.0 Å². The Morgan fingerprint density at radius 2 is 1.65 bits per heavy atom. The van der Waals surface area contributed by atoms with Crippen molar-refractivity contribution >= 4 is 11.6 Å². The second kappa shape index (κ2) is 7.55. The number of rotatable bonds is 5. The molecule has 0 fully saturated rings. The maximum atomic E-state index is 13.9. The van der Waals surface area contributed by atoms with E-state index in [0.717, 1.165) is 18.2 Å². The molecule has 0 spiro atoms. The number of ether oxygens (including phenoxy) is 1. The van der Waals surface area contributed by atoms with E-state index in [-0.39, 0.29) is 17.3 Å². The molecule has 0 bridgehead atoms. The number of anilines is 1. The number of nitrogens with one attached hydrogen (secondary N) is 1. The van der Waals surface area contributed by atoms with Crippen LogP contribution in [0.4, 0.5) is 18.9 Å². The van der Waals surface area contributed by atoms with Gasteiger partial charge in [0.2, 0.25) is 0 Å². The third kappa shape index (κ3) is 3.91. The summed E-state index contributed by atoms with van der Waals surface area (Å²) in [4.78, 5) is 28.2. The lowest BCUT2D eigenvalue weighted by molar-refractivity contribution is -0.0502. The number of carbonyl (C=O) groups is 1. The highest BCUT2D eigenvalue weighted by Gasteiger charge is 2.20. The number of amides is 1. The summed E-state index contributed by atoms with van der Waals surface area (Å²) in [6, 6.07) is 4.81. The van der Waals surface area contributed by atoms with Crippen LogP contribution < -0.4 is 10.1 Å². The van der Waals surface area contributed by atoms with E-state index in [1.165, 1.54) is 24.8 Å². The molecule has 0 saturated carbocycles. The molecule has 0 aliphatic rings. The minimum atomic E-state index is -3.20. The fourth-order valence-corrected chi connectivity index (χ4v) is 2.04. The quantitative estimate of drug-likeness (QED) is 0.752. The van der Waals surface area contributed by atoms with Gasteiger partial charge in [0.1, 0.15) is 17.1 Å². The van der Waals surface area contributed by atoms with Gasteiger partial charge in [-0.1, -0.05) is 6.07 Å². The van der Waals surface area contributed by atoms with Crippen LogP contribution in [0.25, 0.3) is 11.6 Å². The van der Waals surface area contributed by atoms with Crippen molar-refractivity contribution < 1.29 is 22.7 Å². The fraction of sp³-hybridized carbons (Fsp3) is 0.0625. The van der Waals surface area contributed by atoms with E-state index in [9.17, 15) is 18.0 Å². The Bertz CT molecular complexity index is 908. The molecular weight excluding hydrogens is 351 g/mol. The van der Waals surface area contributed by atoms with Crippen molar-refractivity contribution in [2.24, 2.45) is 0 Å². The predicted octanol–water partition coefficient (Wildman–Crippen LogP) is 2.93. The van der Waals surface area contributed by atoms with Crippen molar-refractivity contribution in [2.45, 2.75) is 6.61 Å². The molecule has 0 radical (unpaired) electrons. The number of benzene rings is 1. The molecule has 1 amide bonds. The first kappa shape index (κ1) is 17.3. The van der Waals surface area contributed by atoms with Gasteiger partial charge in [-0.3, -0.25) is 4.79 Å². The molecular formula is C16H10F3N5O2. The number of carbonyl (C=O) groups excluding carboxylic acids is 1. The van der Waals surface area contributed by atoms with E-state index < -0.39 is 29.6 Å². The van der Waals surface area contributed by atoms with Crippen molar-refractivity contribution in [1.29, 1.82) is 0 Å². The zero-order valence-electron chi connectivity index (χ0n) is 12.9. The van der Waals surface area contributed by atoms with Crippen LogP contribution in [0, 0.1) is 5.82 Å². The predicted molar refractivity (Wildman–Crippen MR) is 84.0 cm³/mol. The van der Waals surface area contributed by atoms with Crippen molar-refractivity contribution in [1.82, 2.24) is 19.9 Å². The van der Waals surface area contributed by atoms with Gasteiger partial charge in [-0.25, -0.2) is 24.3 Å². The van der Waals surface area contributed by atoms with Crippen molar-refractivity contribution in [3.8, 4) is 17.4 Å². The summed E-state index contributed by atoms with van der Waals surface area (Å²) >= 11 is 0. The summed E-state index contributed by atoms with van der Waals surface area (Å²) < 4.78 is 42.9. The molecule has 0 saturated heterocycles. The van der Waals surface area contributed by atoms with E-state index in [1.807, 2.05) is 0 Å². The monoisotopic (exact) mass is 361 g/mol. The molecule has 2 heterocycles. The third-order valence-electron chi connectivity index (χ3n) is 3.09. The number of hydrogen-bond donors (Lipinski definition) is 1. The van der Waals surface area contributed by atoms with Crippen LogP contribution >= 0.6 is 0 Å². The van der Waals surface area contributed by atoms with Gasteiger partial charge in [-0.2, -0.15) is 8.78 Å². The van der Waals surface area contributed by atoms with E-state index >= 15 is 0 Å². The van der Waals surface area contributed by atoms with Crippen LogP contribution in [0.5, 0.6) is 5.75 Å². The van der Waals surface area contributed by atoms with E-state index in [1.54, 1.807) is 6.07 Å². The summed E-state index contributed by atoms with van der Waals surface area (Å²) in [7, 11) is 0. The Kier molecular flexibility index (Phi) is 5.02. The Morgan fingerprint density at radius 1 is 1.00 bits per heavy atom. The molecule has 132 valence electrons. The Balaban J connectivity index is 1.80. The van der Waals surface area contributed by atoms with Crippen molar-refractivity contribution in [2.75, 3.05) is 5.32 Å². The Morgan fingerprint density at radius 3 is 2.31 bits per heavy atom. The zero-order valence-corrected chi connectivity index (χ0v) is 12.9. The first-order chi connectivity index (χ1) is 12.5. The molecule has 1 aromatic carbocycles. The Hall–Kier alpha value is -3.56. The van der Waals surface area contributed by atoms with Gasteiger partial charge in [-0.05, 0) is 18.2 Å². The standard InChI is InChI=1S/C16H10F3N5O2/c17-10-3-1-4-11(26-16(18)19)12(10)15(25)24-9-7-22-14(23-8-9)13-20-5-2-6-21-13/h1-8,16H,(H,24,25). The second-order valence-electron chi connectivity index (χ2n) is 4.81. The number of alkyl halides is 2. The highest BCUT2D eigenvalue weighted by Crippen LogP contribution is 2.24. The van der Waals surface area contributed by atoms with Crippen LogP contribution in [-0.4, -0.2) is 32.5 Å². The van der Waals surface area contributed by atoms with Crippen LogP contribution in [0.2, 0.25) is 0 Å². The minimum absolute atomic E-state index is 0.126. The molecule has 0 aliphatic heterocycles. The SMILES string of the molecule is O=C(Nc1cnc(-c2ncccn2)nc1)c1c(F)cccc1OC(F)F. The largest absolute Gasteiger partial charge is 0.434 e. The second-order valence-corrected chi connectivity index (χ2v) is 4.81. The lowest BCUT2D eigenvalue weighted by Crippen LogP contribution is -2.17.